The maximum Gasteiger partial charge on any atom is 0.126 e. The fourth-order valence-corrected chi connectivity index (χ4v) is 1.71. The molecule has 0 saturated heterocycles. The van der Waals surface area contributed by atoms with E-state index in [0.717, 1.165) is 36.6 Å². The van der Waals surface area contributed by atoms with Crippen molar-refractivity contribution >= 4 is 0 Å². The van der Waals surface area contributed by atoms with E-state index in [-0.39, 0.29) is 0 Å². The standard InChI is InChI=1S/C15H25NO3/c1-5-7-16-12(2)6-8-19-15-10-13(17-3)9-14(11-15)18-4/h9-12,16H,5-8H2,1-4H3. The lowest BCUT2D eigenvalue weighted by Crippen LogP contribution is -2.28. The predicted molar refractivity (Wildman–Crippen MR) is 77.4 cm³/mol. The zero-order valence-electron chi connectivity index (χ0n) is 12.4. The van der Waals surface area contributed by atoms with Crippen molar-refractivity contribution in [2.24, 2.45) is 0 Å². The molecule has 0 radical (unpaired) electrons. The highest BCUT2D eigenvalue weighted by Crippen LogP contribution is 2.27. The second kappa shape index (κ2) is 8.64. The van der Waals surface area contributed by atoms with Crippen LogP contribution >= 0.6 is 0 Å². The first-order chi connectivity index (χ1) is 9.19. The summed E-state index contributed by atoms with van der Waals surface area (Å²) in [5.74, 6) is 2.26. The average molecular weight is 267 g/mol. The van der Waals surface area contributed by atoms with Gasteiger partial charge in [0.15, 0.2) is 0 Å². The number of nitrogens with one attached hydrogen (secondary N) is 1. The lowest BCUT2D eigenvalue weighted by molar-refractivity contribution is 0.286. The third-order valence-electron chi connectivity index (χ3n) is 2.89. The molecular weight excluding hydrogens is 242 g/mol. The Balaban J connectivity index is 2.44. The fourth-order valence-electron chi connectivity index (χ4n) is 1.71. The van der Waals surface area contributed by atoms with Crippen LogP contribution in [0.25, 0.3) is 0 Å². The van der Waals surface area contributed by atoms with Gasteiger partial charge in [-0.25, -0.2) is 0 Å². The Hall–Kier alpha value is -1.42. The quantitative estimate of drug-likeness (QED) is 0.747. The molecular formula is C15H25NO3. The first-order valence-corrected chi connectivity index (χ1v) is 6.78. The van der Waals surface area contributed by atoms with E-state index in [9.17, 15) is 0 Å². The summed E-state index contributed by atoms with van der Waals surface area (Å²) in [5.41, 5.74) is 0. The van der Waals surface area contributed by atoms with Gasteiger partial charge in [-0.2, -0.15) is 0 Å². The van der Waals surface area contributed by atoms with Crippen LogP contribution in [0.4, 0.5) is 0 Å². The van der Waals surface area contributed by atoms with Crippen molar-refractivity contribution in [1.29, 1.82) is 0 Å². The number of hydrogen-bond donors (Lipinski definition) is 1. The first kappa shape index (κ1) is 15.6. The van der Waals surface area contributed by atoms with Crippen LogP contribution in [0.5, 0.6) is 17.2 Å². The number of rotatable bonds is 9. The van der Waals surface area contributed by atoms with Gasteiger partial charge in [0.25, 0.3) is 0 Å². The van der Waals surface area contributed by atoms with Crippen molar-refractivity contribution in [2.75, 3.05) is 27.4 Å². The molecule has 0 amide bonds. The molecule has 0 bridgehead atoms. The lowest BCUT2D eigenvalue weighted by Gasteiger charge is -2.14. The molecule has 0 aromatic heterocycles. The van der Waals surface area contributed by atoms with Gasteiger partial charge in [0.05, 0.1) is 20.8 Å². The summed E-state index contributed by atoms with van der Waals surface area (Å²) in [6, 6.07) is 6.03. The molecule has 1 unspecified atom stereocenters. The molecule has 1 N–H and O–H groups in total. The zero-order chi connectivity index (χ0) is 14.1. The largest absolute Gasteiger partial charge is 0.496 e. The van der Waals surface area contributed by atoms with Crippen LogP contribution in [0.2, 0.25) is 0 Å². The van der Waals surface area contributed by atoms with Gasteiger partial charge in [0.1, 0.15) is 17.2 Å². The van der Waals surface area contributed by atoms with E-state index in [1.165, 1.54) is 0 Å². The Morgan fingerprint density at radius 2 is 1.63 bits per heavy atom. The molecule has 0 spiro atoms. The molecule has 1 aromatic rings. The van der Waals surface area contributed by atoms with Crippen molar-refractivity contribution in [3.8, 4) is 17.2 Å². The smallest absolute Gasteiger partial charge is 0.126 e. The third-order valence-corrected chi connectivity index (χ3v) is 2.89. The third kappa shape index (κ3) is 5.83. The molecule has 1 aromatic carbocycles. The fraction of sp³-hybridized carbons (Fsp3) is 0.600. The Morgan fingerprint density at radius 1 is 1.05 bits per heavy atom. The summed E-state index contributed by atoms with van der Waals surface area (Å²) in [4.78, 5) is 0. The van der Waals surface area contributed by atoms with Gasteiger partial charge in [-0.05, 0) is 26.3 Å². The monoisotopic (exact) mass is 267 g/mol. The second-order valence-corrected chi connectivity index (χ2v) is 4.54. The van der Waals surface area contributed by atoms with Gasteiger partial charge in [-0.15, -0.1) is 0 Å². The van der Waals surface area contributed by atoms with E-state index >= 15 is 0 Å². The molecule has 0 aliphatic heterocycles. The summed E-state index contributed by atoms with van der Waals surface area (Å²) in [6.07, 6.45) is 2.12. The van der Waals surface area contributed by atoms with E-state index in [1.807, 2.05) is 18.2 Å². The van der Waals surface area contributed by atoms with E-state index in [1.54, 1.807) is 14.2 Å². The molecule has 0 saturated carbocycles. The lowest BCUT2D eigenvalue weighted by atomic mass is 10.2. The van der Waals surface area contributed by atoms with Crippen LogP contribution < -0.4 is 19.5 Å². The summed E-state index contributed by atoms with van der Waals surface area (Å²) < 4.78 is 16.2. The van der Waals surface area contributed by atoms with Gasteiger partial charge in [0.2, 0.25) is 0 Å². The van der Waals surface area contributed by atoms with Gasteiger partial charge >= 0.3 is 0 Å². The molecule has 0 heterocycles. The molecule has 0 aliphatic carbocycles. The summed E-state index contributed by atoms with van der Waals surface area (Å²) >= 11 is 0. The molecule has 1 atom stereocenters. The van der Waals surface area contributed by atoms with Crippen molar-refractivity contribution < 1.29 is 14.2 Å². The summed E-state index contributed by atoms with van der Waals surface area (Å²) in [7, 11) is 3.27. The molecule has 108 valence electrons. The summed E-state index contributed by atoms with van der Waals surface area (Å²) in [6.45, 7) is 6.06. The van der Waals surface area contributed by atoms with Gasteiger partial charge in [-0.1, -0.05) is 6.92 Å². The Kier molecular flexibility index (Phi) is 7.11. The van der Waals surface area contributed by atoms with E-state index in [0.29, 0.717) is 12.6 Å². The topological polar surface area (TPSA) is 39.7 Å². The van der Waals surface area contributed by atoms with E-state index in [4.69, 9.17) is 14.2 Å². The van der Waals surface area contributed by atoms with Gasteiger partial charge in [-0.3, -0.25) is 0 Å². The maximum atomic E-state index is 5.74. The number of benzene rings is 1. The van der Waals surface area contributed by atoms with Crippen LogP contribution in [0.1, 0.15) is 26.7 Å². The number of ether oxygens (including phenoxy) is 3. The Labute approximate surface area is 116 Å². The molecule has 1 rings (SSSR count). The highest BCUT2D eigenvalue weighted by molar-refractivity contribution is 5.41. The number of methoxy groups -OCH3 is 2. The van der Waals surface area contributed by atoms with Gasteiger partial charge < -0.3 is 19.5 Å². The number of hydrogen-bond acceptors (Lipinski definition) is 4. The van der Waals surface area contributed by atoms with Crippen molar-refractivity contribution in [1.82, 2.24) is 5.32 Å². The van der Waals surface area contributed by atoms with E-state index < -0.39 is 0 Å². The molecule has 4 heteroatoms. The zero-order valence-corrected chi connectivity index (χ0v) is 12.4. The SMILES string of the molecule is CCCNC(C)CCOc1cc(OC)cc(OC)c1. The van der Waals surface area contributed by atoms with Crippen LogP contribution in [-0.4, -0.2) is 33.4 Å². The predicted octanol–water partition coefficient (Wildman–Crippen LogP) is 2.86. The summed E-state index contributed by atoms with van der Waals surface area (Å²) in [5, 5.41) is 3.43. The molecule has 19 heavy (non-hydrogen) atoms. The van der Waals surface area contributed by atoms with Crippen molar-refractivity contribution in [3.63, 3.8) is 0 Å². The first-order valence-electron chi connectivity index (χ1n) is 6.78. The Bertz CT molecular complexity index is 346. The van der Waals surface area contributed by atoms with E-state index in [2.05, 4.69) is 19.2 Å². The minimum atomic E-state index is 0.465. The normalized spacial score (nSPS) is 12.0. The van der Waals surface area contributed by atoms with Crippen molar-refractivity contribution in [3.05, 3.63) is 18.2 Å². The minimum Gasteiger partial charge on any atom is -0.496 e. The second-order valence-electron chi connectivity index (χ2n) is 4.54. The molecule has 0 aliphatic rings. The van der Waals surface area contributed by atoms with Crippen molar-refractivity contribution in [2.45, 2.75) is 32.7 Å². The highest BCUT2D eigenvalue weighted by Gasteiger charge is 2.04. The molecule has 4 nitrogen and oxygen atoms in total. The average Bonchev–Trinajstić information content (AvgIpc) is 2.44. The van der Waals surface area contributed by atoms with Gasteiger partial charge in [0, 0.05) is 24.2 Å². The van der Waals surface area contributed by atoms with Crippen LogP contribution in [0, 0.1) is 0 Å². The van der Waals surface area contributed by atoms with Crippen LogP contribution in [0.3, 0.4) is 0 Å². The van der Waals surface area contributed by atoms with Crippen LogP contribution in [-0.2, 0) is 0 Å². The Morgan fingerprint density at radius 3 is 2.16 bits per heavy atom. The van der Waals surface area contributed by atoms with Crippen LogP contribution in [0.15, 0.2) is 18.2 Å². The minimum absolute atomic E-state index is 0.465. The molecule has 0 fully saturated rings. The maximum absolute atomic E-state index is 5.74. The highest BCUT2D eigenvalue weighted by atomic mass is 16.5.